The van der Waals surface area contributed by atoms with E-state index in [9.17, 15) is 13.7 Å². The second kappa shape index (κ2) is 8.67. The van der Waals surface area contributed by atoms with Crippen molar-refractivity contribution in [3.63, 3.8) is 0 Å². The van der Waals surface area contributed by atoms with E-state index in [1.807, 2.05) is 30.0 Å². The van der Waals surface area contributed by atoms with Crippen LogP contribution in [-0.2, 0) is 16.3 Å². The number of sulfone groups is 1. The zero-order chi connectivity index (χ0) is 23.7. The van der Waals surface area contributed by atoms with E-state index in [1.54, 1.807) is 7.05 Å². The fraction of sp³-hybridized carbons (Fsp3) is 0.409. The van der Waals surface area contributed by atoms with E-state index in [0.717, 1.165) is 22.9 Å². The Morgan fingerprint density at radius 1 is 1.22 bits per heavy atom. The fourth-order valence-electron chi connectivity index (χ4n) is 3.48. The summed E-state index contributed by atoms with van der Waals surface area (Å²) in [5, 5.41) is 16.4. The summed E-state index contributed by atoms with van der Waals surface area (Å²) in [7, 11) is -1.87. The number of hydrogen-bond donors (Lipinski definition) is 1. The van der Waals surface area contributed by atoms with Gasteiger partial charge in [0.15, 0.2) is 11.6 Å². The first kappa shape index (κ1) is 23.3. The molecule has 1 aromatic carbocycles. The predicted molar refractivity (Wildman–Crippen MR) is 122 cm³/mol. The van der Waals surface area contributed by atoms with Crippen LogP contribution >= 0.6 is 0 Å². The summed E-state index contributed by atoms with van der Waals surface area (Å²) in [6.07, 6.45) is 2.78. The van der Waals surface area contributed by atoms with E-state index >= 15 is 0 Å². The van der Waals surface area contributed by atoms with Crippen LogP contribution in [0.2, 0.25) is 0 Å². The number of aromatic nitrogens is 5. The molecule has 0 aliphatic rings. The smallest absolute Gasteiger partial charge is 0.249 e. The summed E-state index contributed by atoms with van der Waals surface area (Å²) in [6.45, 7) is 8.73. The van der Waals surface area contributed by atoms with Gasteiger partial charge in [-0.15, -0.1) is 0 Å². The summed E-state index contributed by atoms with van der Waals surface area (Å²) in [4.78, 5) is 14.6. The second-order valence-electron chi connectivity index (χ2n) is 9.10. The van der Waals surface area contributed by atoms with Crippen LogP contribution in [0.15, 0.2) is 29.7 Å². The van der Waals surface area contributed by atoms with Gasteiger partial charge in [0.1, 0.15) is 18.0 Å². The van der Waals surface area contributed by atoms with Crippen molar-refractivity contribution in [1.29, 1.82) is 5.26 Å². The number of rotatable bonds is 6. The van der Waals surface area contributed by atoms with Gasteiger partial charge in [0, 0.05) is 31.8 Å². The van der Waals surface area contributed by atoms with Gasteiger partial charge in [-0.3, -0.25) is 5.10 Å². The van der Waals surface area contributed by atoms with Crippen molar-refractivity contribution in [3.05, 3.63) is 46.9 Å². The van der Waals surface area contributed by atoms with Crippen LogP contribution < -0.4 is 4.90 Å². The molecule has 0 amide bonds. The van der Waals surface area contributed by atoms with E-state index in [2.05, 4.69) is 52.0 Å². The van der Waals surface area contributed by atoms with Gasteiger partial charge in [0.25, 0.3) is 0 Å². The molecule has 0 aliphatic heterocycles. The third-order valence-corrected chi connectivity index (χ3v) is 5.70. The minimum absolute atomic E-state index is 0.0835. The van der Waals surface area contributed by atoms with Gasteiger partial charge in [-0.25, -0.2) is 18.4 Å². The molecule has 3 rings (SSSR count). The van der Waals surface area contributed by atoms with Crippen molar-refractivity contribution in [2.75, 3.05) is 24.7 Å². The number of H-pyrrole nitrogens is 1. The van der Waals surface area contributed by atoms with Crippen molar-refractivity contribution in [3.8, 4) is 17.5 Å². The molecule has 0 spiro atoms. The van der Waals surface area contributed by atoms with Gasteiger partial charge < -0.3 is 4.90 Å². The van der Waals surface area contributed by atoms with E-state index in [4.69, 9.17) is 0 Å². The van der Waals surface area contributed by atoms with E-state index < -0.39 is 9.84 Å². The van der Waals surface area contributed by atoms with Crippen molar-refractivity contribution >= 4 is 15.7 Å². The van der Waals surface area contributed by atoms with E-state index in [0.29, 0.717) is 23.9 Å². The standard InChI is InChI=1S/C22H27N7O2S/c1-14-7-8-15(19-24-13-25-28-19)9-16(14)10-18-17(11-23)20(29(5)12-22(2,3)4)27-21(26-18)32(6,30)31/h7-9,13H,10,12H2,1-6H3,(H,24,25,28). The molecule has 0 atom stereocenters. The molecule has 0 unspecified atom stereocenters. The first-order valence-corrected chi connectivity index (χ1v) is 12.0. The molecule has 9 nitrogen and oxygen atoms in total. The maximum absolute atomic E-state index is 12.3. The molecular formula is C22H27N7O2S. The Bertz CT molecular complexity index is 1270. The SMILES string of the molecule is Cc1ccc(-c2ncn[nH]2)cc1Cc1nc(S(C)(=O)=O)nc(N(C)CC(C)(C)C)c1C#N. The van der Waals surface area contributed by atoms with Crippen molar-refractivity contribution in [2.24, 2.45) is 5.41 Å². The molecule has 2 heterocycles. The molecule has 32 heavy (non-hydrogen) atoms. The van der Waals surface area contributed by atoms with Gasteiger partial charge in [-0.1, -0.05) is 32.9 Å². The molecule has 3 aromatic rings. The molecule has 0 fully saturated rings. The average Bonchev–Trinajstić information content (AvgIpc) is 3.21. The topological polar surface area (TPSA) is 129 Å². The number of aromatic amines is 1. The second-order valence-corrected chi connectivity index (χ2v) is 11.0. The highest BCUT2D eigenvalue weighted by Gasteiger charge is 2.24. The number of nitriles is 1. The highest BCUT2D eigenvalue weighted by atomic mass is 32.2. The lowest BCUT2D eigenvalue weighted by Crippen LogP contribution is -2.31. The number of aryl methyl sites for hydroxylation is 1. The molecule has 2 aromatic heterocycles. The van der Waals surface area contributed by atoms with Crippen LogP contribution in [0.25, 0.3) is 11.4 Å². The van der Waals surface area contributed by atoms with Gasteiger partial charge in [0.05, 0.1) is 5.69 Å². The Morgan fingerprint density at radius 2 is 1.94 bits per heavy atom. The third-order valence-electron chi connectivity index (χ3n) is 4.86. The summed E-state index contributed by atoms with van der Waals surface area (Å²) < 4.78 is 24.7. The lowest BCUT2D eigenvalue weighted by Gasteiger charge is -2.28. The number of anilines is 1. The van der Waals surface area contributed by atoms with Crippen molar-refractivity contribution in [1.82, 2.24) is 25.1 Å². The zero-order valence-corrected chi connectivity index (χ0v) is 19.9. The molecule has 0 saturated carbocycles. The molecule has 10 heteroatoms. The lowest BCUT2D eigenvalue weighted by molar-refractivity contribution is 0.417. The maximum atomic E-state index is 12.3. The van der Waals surface area contributed by atoms with Crippen LogP contribution in [0.4, 0.5) is 5.82 Å². The fourth-order valence-corrected chi connectivity index (χ4v) is 4.01. The van der Waals surface area contributed by atoms with E-state index in [1.165, 1.54) is 6.33 Å². The summed E-state index contributed by atoms with van der Waals surface area (Å²) in [5.41, 5.74) is 3.29. The van der Waals surface area contributed by atoms with Crippen LogP contribution in [0.3, 0.4) is 0 Å². The molecule has 0 aliphatic carbocycles. The van der Waals surface area contributed by atoms with Crippen LogP contribution in [-0.4, -0.2) is 53.4 Å². The highest BCUT2D eigenvalue weighted by Crippen LogP contribution is 2.28. The number of hydrogen-bond acceptors (Lipinski definition) is 8. The summed E-state index contributed by atoms with van der Waals surface area (Å²) in [6, 6.07) is 8.02. The summed E-state index contributed by atoms with van der Waals surface area (Å²) in [5.74, 6) is 0.939. The Hall–Kier alpha value is -3.32. The summed E-state index contributed by atoms with van der Waals surface area (Å²) >= 11 is 0. The molecule has 0 radical (unpaired) electrons. The van der Waals surface area contributed by atoms with E-state index in [-0.39, 0.29) is 22.6 Å². The minimum atomic E-state index is -3.68. The molecule has 1 N–H and O–H groups in total. The largest absolute Gasteiger partial charge is 0.358 e. The first-order valence-electron chi connectivity index (χ1n) is 10.1. The number of benzene rings is 1. The molecular weight excluding hydrogens is 426 g/mol. The van der Waals surface area contributed by atoms with Crippen LogP contribution in [0.5, 0.6) is 0 Å². The Morgan fingerprint density at radius 3 is 2.50 bits per heavy atom. The molecule has 0 saturated heterocycles. The number of nitrogens with zero attached hydrogens (tertiary/aromatic N) is 6. The molecule has 168 valence electrons. The third kappa shape index (κ3) is 5.29. The zero-order valence-electron chi connectivity index (χ0n) is 19.1. The van der Waals surface area contributed by atoms with Gasteiger partial charge >= 0.3 is 0 Å². The highest BCUT2D eigenvalue weighted by molar-refractivity contribution is 7.90. The quantitative estimate of drug-likeness (QED) is 0.564. The van der Waals surface area contributed by atoms with Gasteiger partial charge in [-0.05, 0) is 29.5 Å². The normalized spacial score (nSPS) is 11.9. The Kier molecular flexibility index (Phi) is 6.32. The van der Waals surface area contributed by atoms with Crippen molar-refractivity contribution in [2.45, 2.75) is 39.3 Å². The Balaban J connectivity index is 2.15. The Labute approximate surface area is 188 Å². The van der Waals surface area contributed by atoms with Gasteiger partial charge in [0.2, 0.25) is 15.0 Å². The average molecular weight is 454 g/mol. The minimum Gasteiger partial charge on any atom is -0.358 e. The number of nitrogens with one attached hydrogen (secondary N) is 1. The van der Waals surface area contributed by atoms with Gasteiger partial charge in [-0.2, -0.15) is 15.3 Å². The van der Waals surface area contributed by atoms with Crippen LogP contribution in [0.1, 0.15) is 43.2 Å². The molecule has 0 bridgehead atoms. The maximum Gasteiger partial charge on any atom is 0.249 e. The van der Waals surface area contributed by atoms with Crippen LogP contribution in [0, 0.1) is 23.7 Å². The first-order chi connectivity index (χ1) is 14.9. The monoisotopic (exact) mass is 453 g/mol. The predicted octanol–water partition coefficient (Wildman–Crippen LogP) is 2.92. The lowest BCUT2D eigenvalue weighted by atomic mass is 9.95. The van der Waals surface area contributed by atoms with Crippen molar-refractivity contribution < 1.29 is 8.42 Å².